The van der Waals surface area contributed by atoms with Crippen LogP contribution < -0.4 is 5.32 Å². The van der Waals surface area contributed by atoms with Crippen molar-refractivity contribution < 1.29 is 24.2 Å². The zero-order chi connectivity index (χ0) is 16.1. The van der Waals surface area contributed by atoms with Crippen molar-refractivity contribution in [3.05, 3.63) is 40.5 Å². The summed E-state index contributed by atoms with van der Waals surface area (Å²) in [7, 11) is 1.21. The number of ether oxygens (including phenoxy) is 2. The van der Waals surface area contributed by atoms with Crippen molar-refractivity contribution in [2.75, 3.05) is 13.7 Å². The number of carbonyl (C=O) groups excluding carboxylic acids is 2. The van der Waals surface area contributed by atoms with Crippen LogP contribution in [0.5, 0.6) is 5.75 Å². The van der Waals surface area contributed by atoms with Gasteiger partial charge in [0, 0.05) is 5.56 Å². The molecule has 1 aliphatic rings. The topological polar surface area (TPSA) is 109 Å². The fourth-order valence-corrected chi connectivity index (χ4v) is 2.81. The van der Waals surface area contributed by atoms with Gasteiger partial charge in [-0.1, -0.05) is 30.0 Å². The maximum atomic E-state index is 12.0. The van der Waals surface area contributed by atoms with Gasteiger partial charge < -0.3 is 19.9 Å². The van der Waals surface area contributed by atoms with Crippen LogP contribution in [0, 0.1) is 11.3 Å². The summed E-state index contributed by atoms with van der Waals surface area (Å²) in [6, 6.07) is 8.23. The summed E-state index contributed by atoms with van der Waals surface area (Å²) >= 11 is 1.02. The first-order valence-corrected chi connectivity index (χ1v) is 7.04. The molecular formula is C14H12N2O5S. The summed E-state index contributed by atoms with van der Waals surface area (Å²) in [6.45, 7) is -0.412. The minimum absolute atomic E-state index is 0.00743. The Labute approximate surface area is 130 Å². The maximum Gasteiger partial charge on any atom is 0.343 e. The molecule has 1 unspecified atom stereocenters. The molecule has 1 aromatic carbocycles. The molecule has 1 amide bonds. The lowest BCUT2D eigenvalue weighted by molar-refractivity contribution is -0.144. The van der Waals surface area contributed by atoms with Crippen LogP contribution in [0.15, 0.2) is 34.9 Å². The first-order chi connectivity index (χ1) is 10.6. The van der Waals surface area contributed by atoms with Crippen LogP contribution in [0.25, 0.3) is 0 Å². The molecule has 1 aliphatic heterocycles. The van der Waals surface area contributed by atoms with Gasteiger partial charge in [0.1, 0.15) is 17.2 Å². The normalized spacial score (nSPS) is 17.5. The monoisotopic (exact) mass is 320 g/mol. The molecule has 0 spiro atoms. The summed E-state index contributed by atoms with van der Waals surface area (Å²) in [6.07, 6.45) is 0. The van der Waals surface area contributed by atoms with Crippen LogP contribution in [-0.2, 0) is 19.1 Å². The van der Waals surface area contributed by atoms with E-state index in [9.17, 15) is 14.7 Å². The summed E-state index contributed by atoms with van der Waals surface area (Å²) in [4.78, 5) is 23.1. The number of hydrogen-bond acceptors (Lipinski definition) is 7. The first-order valence-electron chi connectivity index (χ1n) is 6.16. The quantitative estimate of drug-likeness (QED) is 0.802. The number of hydrogen-bond donors (Lipinski definition) is 2. The van der Waals surface area contributed by atoms with Crippen LogP contribution >= 0.6 is 11.8 Å². The van der Waals surface area contributed by atoms with Crippen LogP contribution in [0.1, 0.15) is 10.9 Å². The molecule has 1 atom stereocenters. The molecule has 2 rings (SSSR count). The van der Waals surface area contributed by atoms with Gasteiger partial charge in [0.05, 0.1) is 7.11 Å². The molecule has 0 saturated carbocycles. The Hall–Kier alpha value is -2.66. The van der Waals surface area contributed by atoms with E-state index in [0.29, 0.717) is 5.56 Å². The standard InChI is InChI=1S/C14H12N2O5S/c1-20-11(18)7-21-14-9(6-15)12(19)16-13(22-14)8-4-2-3-5-10(8)17/h2-5,13,17H,7H2,1H3,(H,16,19). The molecule has 114 valence electrons. The van der Waals surface area contributed by atoms with E-state index in [4.69, 9.17) is 10.00 Å². The smallest absolute Gasteiger partial charge is 0.343 e. The average molecular weight is 320 g/mol. The molecule has 0 bridgehead atoms. The van der Waals surface area contributed by atoms with Gasteiger partial charge in [-0.05, 0) is 6.07 Å². The van der Waals surface area contributed by atoms with Crippen LogP contribution in [0.2, 0.25) is 0 Å². The predicted octanol–water partition coefficient (Wildman–Crippen LogP) is 1.18. The molecular weight excluding hydrogens is 308 g/mol. The minimum atomic E-state index is -0.630. The van der Waals surface area contributed by atoms with Gasteiger partial charge >= 0.3 is 5.97 Å². The number of nitrogens with one attached hydrogen (secondary N) is 1. The molecule has 8 heteroatoms. The van der Waals surface area contributed by atoms with E-state index in [2.05, 4.69) is 10.1 Å². The van der Waals surface area contributed by atoms with Crippen molar-refractivity contribution in [2.45, 2.75) is 5.37 Å². The molecule has 7 nitrogen and oxygen atoms in total. The average Bonchev–Trinajstić information content (AvgIpc) is 2.52. The van der Waals surface area contributed by atoms with Gasteiger partial charge in [0.25, 0.3) is 5.91 Å². The predicted molar refractivity (Wildman–Crippen MR) is 77.2 cm³/mol. The molecule has 0 aromatic heterocycles. The molecule has 0 aliphatic carbocycles. The number of aromatic hydroxyl groups is 1. The third-order valence-corrected chi connectivity index (χ3v) is 3.94. The van der Waals surface area contributed by atoms with Gasteiger partial charge in [-0.2, -0.15) is 5.26 Å². The number of phenols is 1. The maximum absolute atomic E-state index is 12.0. The van der Waals surface area contributed by atoms with E-state index in [1.54, 1.807) is 24.3 Å². The third-order valence-electron chi connectivity index (χ3n) is 2.80. The second kappa shape index (κ2) is 6.87. The van der Waals surface area contributed by atoms with Crippen LogP contribution in [0.4, 0.5) is 0 Å². The Balaban J connectivity index is 2.26. The number of thioether (sulfide) groups is 1. The minimum Gasteiger partial charge on any atom is -0.508 e. The number of rotatable bonds is 4. The number of para-hydroxylation sites is 1. The van der Waals surface area contributed by atoms with E-state index < -0.39 is 23.9 Å². The molecule has 1 heterocycles. The van der Waals surface area contributed by atoms with Crippen molar-refractivity contribution in [1.82, 2.24) is 5.32 Å². The Kier molecular flexibility index (Phi) is 4.91. The molecule has 0 saturated heterocycles. The summed E-state index contributed by atoms with van der Waals surface area (Å²) in [5, 5.41) is 20.9. The van der Waals surface area contributed by atoms with Crippen molar-refractivity contribution in [1.29, 1.82) is 5.26 Å². The van der Waals surface area contributed by atoms with Crippen LogP contribution in [0.3, 0.4) is 0 Å². The van der Waals surface area contributed by atoms with E-state index >= 15 is 0 Å². The zero-order valence-corrected chi connectivity index (χ0v) is 12.3. The zero-order valence-electron chi connectivity index (χ0n) is 11.5. The molecule has 0 fully saturated rings. The molecule has 22 heavy (non-hydrogen) atoms. The number of phenolic OH excluding ortho intramolecular Hbond substituents is 1. The fraction of sp³-hybridized carbons (Fsp3) is 0.214. The van der Waals surface area contributed by atoms with Gasteiger partial charge in [0.15, 0.2) is 17.3 Å². The number of methoxy groups -OCH3 is 1. The Bertz CT molecular complexity index is 680. The van der Waals surface area contributed by atoms with E-state index in [0.717, 1.165) is 11.8 Å². The van der Waals surface area contributed by atoms with Crippen molar-refractivity contribution in [3.63, 3.8) is 0 Å². The SMILES string of the molecule is COC(=O)COC1=C(C#N)C(=O)NC(c2ccccc2O)S1. The van der Waals surface area contributed by atoms with Crippen molar-refractivity contribution >= 4 is 23.6 Å². The summed E-state index contributed by atoms with van der Waals surface area (Å²) in [5.74, 6) is -1.25. The number of carbonyl (C=O) groups is 2. The third kappa shape index (κ3) is 3.32. The van der Waals surface area contributed by atoms with Crippen molar-refractivity contribution in [3.8, 4) is 11.8 Å². The van der Waals surface area contributed by atoms with E-state index in [-0.39, 0.29) is 16.4 Å². The second-order valence-electron chi connectivity index (χ2n) is 4.17. The lowest BCUT2D eigenvalue weighted by Crippen LogP contribution is -2.32. The van der Waals surface area contributed by atoms with Gasteiger partial charge in [-0.25, -0.2) is 4.79 Å². The Morgan fingerprint density at radius 1 is 1.50 bits per heavy atom. The highest BCUT2D eigenvalue weighted by Gasteiger charge is 2.31. The molecule has 2 N–H and O–H groups in total. The highest BCUT2D eigenvalue weighted by Crippen LogP contribution is 2.41. The number of nitriles is 1. The van der Waals surface area contributed by atoms with E-state index in [1.807, 2.05) is 0 Å². The number of esters is 1. The highest BCUT2D eigenvalue weighted by molar-refractivity contribution is 8.03. The Morgan fingerprint density at radius 2 is 2.23 bits per heavy atom. The summed E-state index contributed by atoms with van der Waals surface area (Å²) in [5.41, 5.74) is 0.248. The van der Waals surface area contributed by atoms with E-state index in [1.165, 1.54) is 13.2 Å². The van der Waals surface area contributed by atoms with Crippen molar-refractivity contribution in [2.24, 2.45) is 0 Å². The largest absolute Gasteiger partial charge is 0.508 e. The van der Waals surface area contributed by atoms with Gasteiger partial charge in [0.2, 0.25) is 0 Å². The Morgan fingerprint density at radius 3 is 2.86 bits per heavy atom. The lowest BCUT2D eigenvalue weighted by atomic mass is 10.2. The number of nitrogens with zero attached hydrogens (tertiary/aromatic N) is 1. The van der Waals surface area contributed by atoms with Gasteiger partial charge in [-0.3, -0.25) is 4.79 Å². The molecule has 1 aromatic rings. The number of benzene rings is 1. The lowest BCUT2D eigenvalue weighted by Gasteiger charge is -2.25. The van der Waals surface area contributed by atoms with Gasteiger partial charge in [-0.15, -0.1) is 0 Å². The number of amides is 1. The fourth-order valence-electron chi connectivity index (χ4n) is 1.72. The summed E-state index contributed by atoms with van der Waals surface area (Å²) < 4.78 is 9.65. The highest BCUT2D eigenvalue weighted by atomic mass is 32.2. The van der Waals surface area contributed by atoms with Crippen LogP contribution in [-0.4, -0.2) is 30.7 Å². The second-order valence-corrected chi connectivity index (χ2v) is 5.25. The molecule has 0 radical (unpaired) electrons. The first kappa shape index (κ1) is 15.7.